The third kappa shape index (κ3) is 5.74. The van der Waals surface area contributed by atoms with E-state index in [9.17, 15) is 13.2 Å². The molecule has 1 aromatic carbocycles. The SMILES string of the molecule is CCCc1ccccc1NS(=O)(=O)CCCC(=O)O. The van der Waals surface area contributed by atoms with E-state index in [2.05, 4.69) is 4.72 Å². The predicted molar refractivity (Wildman–Crippen MR) is 74.7 cm³/mol. The van der Waals surface area contributed by atoms with Gasteiger partial charge >= 0.3 is 5.97 Å². The fourth-order valence-electron chi connectivity index (χ4n) is 1.74. The van der Waals surface area contributed by atoms with Crippen molar-refractivity contribution in [3.63, 3.8) is 0 Å². The zero-order valence-corrected chi connectivity index (χ0v) is 11.7. The molecule has 0 aliphatic carbocycles. The van der Waals surface area contributed by atoms with Gasteiger partial charge in [0.15, 0.2) is 0 Å². The molecule has 5 nitrogen and oxygen atoms in total. The van der Waals surface area contributed by atoms with Gasteiger partial charge in [-0.2, -0.15) is 0 Å². The lowest BCUT2D eigenvalue weighted by Crippen LogP contribution is -2.18. The minimum atomic E-state index is -3.48. The van der Waals surface area contributed by atoms with Gasteiger partial charge in [0.1, 0.15) is 0 Å². The lowest BCUT2D eigenvalue weighted by Gasteiger charge is -2.11. The summed E-state index contributed by atoms with van der Waals surface area (Å²) in [6.45, 7) is 2.03. The van der Waals surface area contributed by atoms with Gasteiger partial charge in [-0.15, -0.1) is 0 Å². The van der Waals surface area contributed by atoms with Crippen LogP contribution >= 0.6 is 0 Å². The summed E-state index contributed by atoms with van der Waals surface area (Å²) in [5, 5.41) is 8.50. The van der Waals surface area contributed by atoms with E-state index in [0.29, 0.717) is 5.69 Å². The molecule has 0 heterocycles. The third-order valence-electron chi connectivity index (χ3n) is 2.61. The molecule has 0 aromatic heterocycles. The van der Waals surface area contributed by atoms with Crippen molar-refractivity contribution in [3.05, 3.63) is 29.8 Å². The Morgan fingerprint density at radius 2 is 2.00 bits per heavy atom. The maximum Gasteiger partial charge on any atom is 0.303 e. The Morgan fingerprint density at radius 1 is 1.32 bits per heavy atom. The van der Waals surface area contributed by atoms with E-state index in [1.165, 1.54) is 0 Å². The molecule has 0 bridgehead atoms. The zero-order valence-electron chi connectivity index (χ0n) is 10.9. The number of anilines is 1. The molecule has 0 radical (unpaired) electrons. The van der Waals surface area contributed by atoms with Crippen molar-refractivity contribution in [2.75, 3.05) is 10.5 Å². The Balaban J connectivity index is 2.69. The standard InChI is InChI=1S/C13H19NO4S/c1-2-6-11-7-3-4-8-12(11)14-19(17,18)10-5-9-13(15)16/h3-4,7-8,14H,2,5-6,9-10H2,1H3,(H,15,16). The fourth-order valence-corrected chi connectivity index (χ4v) is 2.90. The minimum Gasteiger partial charge on any atom is -0.481 e. The first-order chi connectivity index (χ1) is 8.94. The van der Waals surface area contributed by atoms with Crippen LogP contribution in [0.2, 0.25) is 0 Å². The number of carboxylic acids is 1. The number of hydrogen-bond acceptors (Lipinski definition) is 3. The van der Waals surface area contributed by atoms with Crippen LogP contribution in [0.1, 0.15) is 31.7 Å². The maximum absolute atomic E-state index is 11.8. The van der Waals surface area contributed by atoms with E-state index in [4.69, 9.17) is 5.11 Å². The van der Waals surface area contributed by atoms with E-state index >= 15 is 0 Å². The molecule has 0 atom stereocenters. The second kappa shape index (κ2) is 7.13. The molecule has 0 aliphatic heterocycles. The van der Waals surface area contributed by atoms with Gasteiger partial charge in [0.25, 0.3) is 0 Å². The highest BCUT2D eigenvalue weighted by Crippen LogP contribution is 2.18. The van der Waals surface area contributed by atoms with Crippen molar-refractivity contribution in [1.82, 2.24) is 0 Å². The Kier molecular flexibility index (Phi) is 5.82. The molecule has 19 heavy (non-hydrogen) atoms. The van der Waals surface area contributed by atoms with Crippen molar-refractivity contribution >= 4 is 21.7 Å². The van der Waals surface area contributed by atoms with Crippen LogP contribution in [0.4, 0.5) is 5.69 Å². The highest BCUT2D eigenvalue weighted by Gasteiger charge is 2.13. The first-order valence-corrected chi connectivity index (χ1v) is 7.90. The molecule has 0 saturated heterocycles. The summed E-state index contributed by atoms with van der Waals surface area (Å²) >= 11 is 0. The summed E-state index contributed by atoms with van der Waals surface area (Å²) in [6.07, 6.45) is 1.70. The number of hydrogen-bond donors (Lipinski definition) is 2. The van der Waals surface area contributed by atoms with Gasteiger partial charge in [-0.1, -0.05) is 31.5 Å². The quantitative estimate of drug-likeness (QED) is 0.767. The van der Waals surface area contributed by atoms with Gasteiger partial charge in [-0.05, 0) is 24.5 Å². The van der Waals surface area contributed by atoms with E-state index in [1.807, 2.05) is 19.1 Å². The number of sulfonamides is 1. The van der Waals surface area contributed by atoms with Gasteiger partial charge in [0.05, 0.1) is 11.4 Å². The van der Waals surface area contributed by atoms with E-state index in [0.717, 1.165) is 18.4 Å². The third-order valence-corrected chi connectivity index (χ3v) is 3.96. The average molecular weight is 285 g/mol. The molecule has 106 valence electrons. The Hall–Kier alpha value is -1.56. The number of rotatable bonds is 8. The molecule has 0 amide bonds. The molecular formula is C13H19NO4S. The summed E-state index contributed by atoms with van der Waals surface area (Å²) < 4.78 is 26.2. The zero-order chi connectivity index (χ0) is 14.3. The molecule has 1 rings (SSSR count). The van der Waals surface area contributed by atoms with Crippen LogP contribution in [0.15, 0.2) is 24.3 Å². The number of carboxylic acid groups (broad SMARTS) is 1. The summed E-state index contributed by atoms with van der Waals surface area (Å²) in [7, 11) is -3.48. The highest BCUT2D eigenvalue weighted by atomic mass is 32.2. The van der Waals surface area contributed by atoms with Crippen LogP contribution in [0.5, 0.6) is 0 Å². The first kappa shape index (κ1) is 15.5. The van der Waals surface area contributed by atoms with Gasteiger partial charge in [0.2, 0.25) is 10.0 Å². The lowest BCUT2D eigenvalue weighted by atomic mass is 10.1. The van der Waals surface area contributed by atoms with Crippen LogP contribution in [-0.4, -0.2) is 25.2 Å². The predicted octanol–water partition coefficient (Wildman–Crippen LogP) is 2.25. The summed E-state index contributed by atoms with van der Waals surface area (Å²) in [4.78, 5) is 10.4. The van der Waals surface area contributed by atoms with Crippen LogP contribution in [0, 0.1) is 0 Å². The Morgan fingerprint density at radius 3 is 2.63 bits per heavy atom. The largest absolute Gasteiger partial charge is 0.481 e. The van der Waals surface area contributed by atoms with Crippen molar-refractivity contribution in [2.45, 2.75) is 32.6 Å². The van der Waals surface area contributed by atoms with Gasteiger partial charge in [0, 0.05) is 6.42 Å². The van der Waals surface area contributed by atoms with Crippen LogP contribution in [0.25, 0.3) is 0 Å². The first-order valence-electron chi connectivity index (χ1n) is 6.25. The monoisotopic (exact) mass is 285 g/mol. The number of carbonyl (C=O) groups is 1. The molecule has 0 aliphatic rings. The molecular weight excluding hydrogens is 266 g/mol. The van der Waals surface area contributed by atoms with Crippen LogP contribution in [0.3, 0.4) is 0 Å². The molecule has 0 spiro atoms. The normalized spacial score (nSPS) is 11.2. The van der Waals surface area contributed by atoms with E-state index < -0.39 is 16.0 Å². The Labute approximate surface area is 113 Å². The van der Waals surface area contributed by atoms with Gasteiger partial charge in [-0.25, -0.2) is 8.42 Å². The van der Waals surface area contributed by atoms with Crippen LogP contribution in [-0.2, 0) is 21.2 Å². The van der Waals surface area contributed by atoms with Crippen LogP contribution < -0.4 is 4.72 Å². The smallest absolute Gasteiger partial charge is 0.303 e. The van der Waals surface area contributed by atoms with Crippen molar-refractivity contribution in [2.24, 2.45) is 0 Å². The summed E-state index contributed by atoms with van der Waals surface area (Å²) in [5.41, 5.74) is 1.53. The number of benzene rings is 1. The average Bonchev–Trinajstić information content (AvgIpc) is 2.31. The van der Waals surface area contributed by atoms with Gasteiger partial charge < -0.3 is 5.11 Å². The second-order valence-electron chi connectivity index (χ2n) is 4.33. The lowest BCUT2D eigenvalue weighted by molar-refractivity contribution is -0.137. The minimum absolute atomic E-state index is 0.112. The number of aliphatic carboxylic acids is 1. The molecule has 0 fully saturated rings. The maximum atomic E-state index is 11.8. The molecule has 0 saturated carbocycles. The fraction of sp³-hybridized carbons (Fsp3) is 0.462. The summed E-state index contributed by atoms with van der Waals surface area (Å²) in [6, 6.07) is 7.25. The highest BCUT2D eigenvalue weighted by molar-refractivity contribution is 7.92. The van der Waals surface area contributed by atoms with E-state index in [1.54, 1.807) is 12.1 Å². The number of nitrogens with one attached hydrogen (secondary N) is 1. The molecule has 6 heteroatoms. The number of para-hydroxylation sites is 1. The summed E-state index contributed by atoms with van der Waals surface area (Å²) in [5.74, 6) is -1.17. The molecule has 2 N–H and O–H groups in total. The molecule has 0 unspecified atom stereocenters. The topological polar surface area (TPSA) is 83.5 Å². The van der Waals surface area contributed by atoms with Crippen molar-refractivity contribution < 1.29 is 18.3 Å². The number of aryl methyl sites for hydroxylation is 1. The second-order valence-corrected chi connectivity index (χ2v) is 6.17. The van der Waals surface area contributed by atoms with Crippen molar-refractivity contribution in [3.8, 4) is 0 Å². The molecule has 1 aromatic rings. The van der Waals surface area contributed by atoms with Gasteiger partial charge in [-0.3, -0.25) is 9.52 Å². The van der Waals surface area contributed by atoms with Crippen molar-refractivity contribution in [1.29, 1.82) is 0 Å². The van der Waals surface area contributed by atoms with E-state index in [-0.39, 0.29) is 18.6 Å². The Bertz CT molecular complexity index is 525.